The molecule has 2 aromatic heterocycles. The van der Waals surface area contributed by atoms with Gasteiger partial charge in [0.05, 0.1) is 11.9 Å². The van der Waals surface area contributed by atoms with Gasteiger partial charge in [-0.25, -0.2) is 9.07 Å². The standard InChI is InChI=1S/C23H20FN3OS/c1-17-7-12-21(28-17)15-26-27-22(19-8-10-20(24)11-9-19)16-29-23(27)25-14-13-18-5-3-2-4-6-18/h2-12,15-16H,13-14H2,1H3. The Morgan fingerprint density at radius 2 is 1.83 bits per heavy atom. The number of halogens is 1. The van der Waals surface area contributed by atoms with E-state index >= 15 is 0 Å². The third kappa shape index (κ3) is 4.78. The monoisotopic (exact) mass is 405 g/mol. The quantitative estimate of drug-likeness (QED) is 0.402. The van der Waals surface area contributed by atoms with Crippen LogP contribution in [-0.4, -0.2) is 17.4 Å². The van der Waals surface area contributed by atoms with Gasteiger partial charge in [0.25, 0.3) is 0 Å². The van der Waals surface area contributed by atoms with Crippen LogP contribution in [0.15, 0.2) is 86.6 Å². The van der Waals surface area contributed by atoms with Crippen LogP contribution in [0.25, 0.3) is 11.3 Å². The van der Waals surface area contributed by atoms with Crippen molar-refractivity contribution in [2.24, 2.45) is 10.1 Å². The van der Waals surface area contributed by atoms with Crippen molar-refractivity contribution in [2.45, 2.75) is 13.3 Å². The Hall–Kier alpha value is -3.25. The molecule has 0 spiro atoms. The van der Waals surface area contributed by atoms with Crippen LogP contribution in [0.4, 0.5) is 4.39 Å². The minimum atomic E-state index is -0.266. The number of rotatable bonds is 6. The molecule has 0 N–H and O–H groups in total. The predicted octanol–water partition coefficient (Wildman–Crippen LogP) is 5.28. The summed E-state index contributed by atoms with van der Waals surface area (Å²) < 4.78 is 20.7. The first-order chi connectivity index (χ1) is 14.2. The lowest BCUT2D eigenvalue weighted by molar-refractivity contribution is 0.527. The Labute approximate surface area is 172 Å². The fraction of sp³-hybridized carbons (Fsp3) is 0.130. The molecule has 0 saturated heterocycles. The highest BCUT2D eigenvalue weighted by atomic mass is 32.1. The second-order valence-electron chi connectivity index (χ2n) is 6.53. The van der Waals surface area contributed by atoms with Crippen LogP contribution in [0.3, 0.4) is 0 Å². The number of furan rings is 1. The van der Waals surface area contributed by atoms with Gasteiger partial charge in [0.1, 0.15) is 17.3 Å². The maximum atomic E-state index is 13.3. The molecule has 0 aliphatic rings. The van der Waals surface area contributed by atoms with Gasteiger partial charge in [-0.1, -0.05) is 30.3 Å². The van der Waals surface area contributed by atoms with Gasteiger partial charge in [0, 0.05) is 17.5 Å². The third-order valence-electron chi connectivity index (χ3n) is 4.38. The summed E-state index contributed by atoms with van der Waals surface area (Å²) in [7, 11) is 0. The van der Waals surface area contributed by atoms with E-state index in [-0.39, 0.29) is 5.82 Å². The first-order valence-corrected chi connectivity index (χ1v) is 10.2. The molecule has 0 bridgehead atoms. The van der Waals surface area contributed by atoms with Crippen LogP contribution < -0.4 is 4.80 Å². The van der Waals surface area contributed by atoms with E-state index in [2.05, 4.69) is 17.2 Å². The van der Waals surface area contributed by atoms with E-state index in [1.807, 2.05) is 42.6 Å². The summed E-state index contributed by atoms with van der Waals surface area (Å²) in [6.07, 6.45) is 2.52. The summed E-state index contributed by atoms with van der Waals surface area (Å²) in [5, 5.41) is 6.58. The zero-order chi connectivity index (χ0) is 20.1. The van der Waals surface area contributed by atoms with Crippen molar-refractivity contribution in [1.82, 2.24) is 4.68 Å². The molecule has 0 amide bonds. The van der Waals surface area contributed by atoms with Crippen LogP contribution >= 0.6 is 11.3 Å². The van der Waals surface area contributed by atoms with Gasteiger partial charge in [0.15, 0.2) is 0 Å². The van der Waals surface area contributed by atoms with Crippen LogP contribution in [0.2, 0.25) is 0 Å². The molecule has 29 heavy (non-hydrogen) atoms. The van der Waals surface area contributed by atoms with E-state index < -0.39 is 0 Å². The fourth-order valence-electron chi connectivity index (χ4n) is 2.90. The largest absolute Gasteiger partial charge is 0.460 e. The van der Waals surface area contributed by atoms with Crippen LogP contribution in [-0.2, 0) is 6.42 Å². The minimum absolute atomic E-state index is 0.266. The predicted molar refractivity (Wildman–Crippen MR) is 115 cm³/mol. The normalized spacial score (nSPS) is 12.1. The maximum absolute atomic E-state index is 13.3. The van der Waals surface area contributed by atoms with Crippen LogP contribution in [0.1, 0.15) is 17.1 Å². The summed E-state index contributed by atoms with van der Waals surface area (Å²) in [6.45, 7) is 2.55. The molecule has 6 heteroatoms. The van der Waals surface area contributed by atoms with Crippen molar-refractivity contribution in [3.63, 3.8) is 0 Å². The Morgan fingerprint density at radius 1 is 1.03 bits per heavy atom. The molecule has 0 unspecified atom stereocenters. The Kier molecular flexibility index (Phi) is 5.81. The number of thiazole rings is 1. The van der Waals surface area contributed by atoms with E-state index in [9.17, 15) is 4.39 Å². The molecule has 0 radical (unpaired) electrons. The second-order valence-corrected chi connectivity index (χ2v) is 7.37. The molecule has 4 rings (SSSR count). The van der Waals surface area contributed by atoms with E-state index in [0.29, 0.717) is 12.3 Å². The molecule has 146 valence electrons. The molecule has 4 aromatic rings. The molecule has 0 atom stereocenters. The van der Waals surface area contributed by atoms with Gasteiger partial charge in [-0.2, -0.15) is 5.10 Å². The van der Waals surface area contributed by atoms with E-state index in [1.165, 1.54) is 29.0 Å². The lowest BCUT2D eigenvalue weighted by Crippen LogP contribution is -2.13. The highest BCUT2D eigenvalue weighted by molar-refractivity contribution is 7.07. The molecular formula is C23H20FN3OS. The topological polar surface area (TPSA) is 42.8 Å². The molecule has 2 heterocycles. The average Bonchev–Trinajstić information content (AvgIpc) is 3.34. The first-order valence-electron chi connectivity index (χ1n) is 9.31. The lowest BCUT2D eigenvalue weighted by Gasteiger charge is -2.03. The molecule has 0 fully saturated rings. The van der Waals surface area contributed by atoms with Crippen LogP contribution in [0, 0.1) is 12.7 Å². The SMILES string of the molecule is Cc1ccc(C=Nn2c(-c3ccc(F)cc3)csc2=NCCc2ccccc2)o1. The zero-order valence-corrected chi connectivity index (χ0v) is 16.8. The number of hydrogen-bond donors (Lipinski definition) is 0. The van der Waals surface area contributed by atoms with Crippen molar-refractivity contribution in [3.05, 3.63) is 99.8 Å². The van der Waals surface area contributed by atoms with E-state index in [4.69, 9.17) is 9.41 Å². The molecule has 4 nitrogen and oxygen atoms in total. The van der Waals surface area contributed by atoms with Crippen molar-refractivity contribution in [2.75, 3.05) is 6.54 Å². The number of aromatic nitrogens is 1. The van der Waals surface area contributed by atoms with Gasteiger partial charge in [0.2, 0.25) is 4.80 Å². The van der Waals surface area contributed by atoms with Gasteiger partial charge >= 0.3 is 0 Å². The number of aryl methyl sites for hydroxylation is 1. The smallest absolute Gasteiger partial charge is 0.206 e. The van der Waals surface area contributed by atoms with Crippen LogP contribution in [0.5, 0.6) is 0 Å². The van der Waals surface area contributed by atoms with Crippen molar-refractivity contribution >= 4 is 17.6 Å². The third-order valence-corrected chi connectivity index (χ3v) is 5.23. The molecule has 0 aliphatic heterocycles. The molecular weight excluding hydrogens is 385 g/mol. The van der Waals surface area contributed by atoms with Gasteiger partial charge < -0.3 is 4.42 Å². The molecule has 0 saturated carbocycles. The summed E-state index contributed by atoms with van der Waals surface area (Å²) in [4.78, 5) is 5.52. The fourth-order valence-corrected chi connectivity index (χ4v) is 3.77. The van der Waals surface area contributed by atoms with E-state index in [1.54, 1.807) is 23.0 Å². The van der Waals surface area contributed by atoms with Gasteiger partial charge in [-0.05, 0) is 55.3 Å². The Balaban J connectivity index is 1.67. The van der Waals surface area contributed by atoms with Gasteiger partial charge in [-0.3, -0.25) is 4.99 Å². The highest BCUT2D eigenvalue weighted by Crippen LogP contribution is 2.20. The molecule has 2 aromatic carbocycles. The zero-order valence-electron chi connectivity index (χ0n) is 16.0. The van der Waals surface area contributed by atoms with Crippen molar-refractivity contribution in [1.29, 1.82) is 0 Å². The first kappa shape index (κ1) is 19.1. The summed E-state index contributed by atoms with van der Waals surface area (Å²) >= 11 is 1.51. The number of hydrogen-bond acceptors (Lipinski definition) is 4. The highest BCUT2D eigenvalue weighted by Gasteiger charge is 2.08. The Morgan fingerprint density at radius 3 is 2.55 bits per heavy atom. The number of nitrogens with zero attached hydrogens (tertiary/aromatic N) is 3. The minimum Gasteiger partial charge on any atom is -0.460 e. The maximum Gasteiger partial charge on any atom is 0.206 e. The molecule has 0 aliphatic carbocycles. The van der Waals surface area contributed by atoms with E-state index in [0.717, 1.165) is 28.2 Å². The summed E-state index contributed by atoms with van der Waals surface area (Å²) in [5.41, 5.74) is 2.97. The number of benzene rings is 2. The lowest BCUT2D eigenvalue weighted by atomic mass is 10.2. The Bertz CT molecular complexity index is 1170. The summed E-state index contributed by atoms with van der Waals surface area (Å²) in [6, 6.07) is 20.4. The average molecular weight is 405 g/mol. The summed E-state index contributed by atoms with van der Waals surface area (Å²) in [5.74, 6) is 1.23. The van der Waals surface area contributed by atoms with Gasteiger partial charge in [-0.15, -0.1) is 11.3 Å². The second kappa shape index (κ2) is 8.84. The van der Waals surface area contributed by atoms with Crippen molar-refractivity contribution in [3.8, 4) is 11.3 Å². The van der Waals surface area contributed by atoms with Crippen molar-refractivity contribution < 1.29 is 8.81 Å².